The number of methoxy groups -OCH3 is 1. The van der Waals surface area contributed by atoms with Gasteiger partial charge in [-0.3, -0.25) is 0 Å². The summed E-state index contributed by atoms with van der Waals surface area (Å²) < 4.78 is 5.42. The van der Waals surface area contributed by atoms with E-state index in [1.807, 2.05) is 0 Å². The van der Waals surface area contributed by atoms with E-state index in [-0.39, 0.29) is 5.95 Å². The van der Waals surface area contributed by atoms with Crippen molar-refractivity contribution in [1.82, 2.24) is 9.97 Å². The van der Waals surface area contributed by atoms with E-state index >= 15 is 0 Å². The number of ether oxygens (including phenoxy) is 1. The van der Waals surface area contributed by atoms with Gasteiger partial charge in [-0.05, 0) is 12.1 Å². The minimum absolute atomic E-state index is 0.272. The van der Waals surface area contributed by atoms with Crippen LogP contribution >= 0.6 is 15.9 Å². The van der Waals surface area contributed by atoms with Crippen LogP contribution in [-0.2, 0) is 4.74 Å². The van der Waals surface area contributed by atoms with Crippen LogP contribution in [0.3, 0.4) is 0 Å². The number of rotatable bonds is 1. The van der Waals surface area contributed by atoms with Crippen LogP contribution in [0.2, 0.25) is 0 Å². The number of fused-ring (bicyclic) bond motifs is 1. The van der Waals surface area contributed by atoms with Crippen molar-refractivity contribution in [2.75, 3.05) is 12.8 Å². The van der Waals surface area contributed by atoms with Crippen LogP contribution < -0.4 is 5.73 Å². The van der Waals surface area contributed by atoms with Crippen molar-refractivity contribution < 1.29 is 9.53 Å². The molecule has 0 saturated heterocycles. The quantitative estimate of drug-likeness (QED) is 0.773. The molecule has 0 aliphatic heterocycles. The van der Waals surface area contributed by atoms with Crippen LogP contribution in [0.4, 0.5) is 5.95 Å². The molecule has 5 nitrogen and oxygen atoms in total. The highest BCUT2D eigenvalue weighted by molar-refractivity contribution is 9.10. The van der Waals surface area contributed by atoms with Crippen molar-refractivity contribution in [3.8, 4) is 0 Å². The minimum atomic E-state index is -0.437. The van der Waals surface area contributed by atoms with Gasteiger partial charge >= 0.3 is 5.97 Å². The SMILES string of the molecule is COC(=O)c1cc(Br)cc2[nH]c(N)nc12. The second-order valence-electron chi connectivity index (χ2n) is 2.96. The van der Waals surface area contributed by atoms with Crippen molar-refractivity contribution in [2.45, 2.75) is 0 Å². The first-order chi connectivity index (χ1) is 7.11. The fourth-order valence-corrected chi connectivity index (χ4v) is 1.82. The Morgan fingerprint density at radius 3 is 3.00 bits per heavy atom. The number of halogens is 1. The average molecular weight is 270 g/mol. The zero-order valence-electron chi connectivity index (χ0n) is 7.87. The Hall–Kier alpha value is -1.56. The second kappa shape index (κ2) is 3.54. The van der Waals surface area contributed by atoms with Crippen LogP contribution in [0.15, 0.2) is 16.6 Å². The molecule has 1 heterocycles. The predicted molar refractivity (Wildman–Crippen MR) is 59.5 cm³/mol. The van der Waals surface area contributed by atoms with Gasteiger partial charge in [0.1, 0.15) is 5.52 Å². The summed E-state index contributed by atoms with van der Waals surface area (Å²) in [5.41, 5.74) is 7.11. The third-order valence-corrected chi connectivity index (χ3v) is 2.43. The Balaban J connectivity index is 2.75. The molecule has 0 aliphatic carbocycles. The molecular formula is C9H8BrN3O2. The van der Waals surface area contributed by atoms with E-state index in [0.717, 1.165) is 4.47 Å². The van der Waals surface area contributed by atoms with Gasteiger partial charge in [0.2, 0.25) is 0 Å². The van der Waals surface area contributed by atoms with Crippen molar-refractivity contribution in [3.05, 3.63) is 22.2 Å². The Labute approximate surface area is 93.8 Å². The number of carbonyl (C=O) groups is 1. The maximum Gasteiger partial charge on any atom is 0.340 e. The second-order valence-corrected chi connectivity index (χ2v) is 3.88. The normalized spacial score (nSPS) is 10.5. The lowest BCUT2D eigenvalue weighted by atomic mass is 10.2. The van der Waals surface area contributed by atoms with Gasteiger partial charge in [-0.25, -0.2) is 9.78 Å². The summed E-state index contributed by atoms with van der Waals surface area (Å²) in [6, 6.07) is 3.44. The number of hydrogen-bond donors (Lipinski definition) is 2. The Morgan fingerprint density at radius 2 is 2.33 bits per heavy atom. The largest absolute Gasteiger partial charge is 0.465 e. The van der Waals surface area contributed by atoms with E-state index in [0.29, 0.717) is 16.6 Å². The number of benzene rings is 1. The molecule has 15 heavy (non-hydrogen) atoms. The number of carbonyl (C=O) groups excluding carboxylic acids is 1. The van der Waals surface area contributed by atoms with Crippen molar-refractivity contribution in [2.24, 2.45) is 0 Å². The van der Waals surface area contributed by atoms with Crippen molar-refractivity contribution >= 4 is 38.9 Å². The van der Waals surface area contributed by atoms with Gasteiger partial charge in [0, 0.05) is 4.47 Å². The van der Waals surface area contributed by atoms with E-state index in [9.17, 15) is 4.79 Å². The molecule has 0 amide bonds. The minimum Gasteiger partial charge on any atom is -0.465 e. The molecule has 0 aliphatic rings. The third kappa shape index (κ3) is 1.68. The molecule has 0 bridgehead atoms. The summed E-state index contributed by atoms with van der Waals surface area (Å²) in [4.78, 5) is 18.3. The van der Waals surface area contributed by atoms with Crippen LogP contribution in [-0.4, -0.2) is 23.0 Å². The Morgan fingerprint density at radius 1 is 1.60 bits per heavy atom. The van der Waals surface area contributed by atoms with Crippen molar-refractivity contribution in [1.29, 1.82) is 0 Å². The van der Waals surface area contributed by atoms with Crippen LogP contribution in [0, 0.1) is 0 Å². The van der Waals surface area contributed by atoms with E-state index in [2.05, 4.69) is 30.6 Å². The molecule has 0 fully saturated rings. The summed E-state index contributed by atoms with van der Waals surface area (Å²) >= 11 is 3.29. The number of aromatic nitrogens is 2. The predicted octanol–water partition coefficient (Wildman–Crippen LogP) is 1.69. The smallest absolute Gasteiger partial charge is 0.340 e. The Bertz CT molecular complexity index is 535. The van der Waals surface area contributed by atoms with Gasteiger partial charge in [-0.1, -0.05) is 15.9 Å². The number of H-pyrrole nitrogens is 1. The van der Waals surface area contributed by atoms with E-state index in [4.69, 9.17) is 5.73 Å². The summed E-state index contributed by atoms with van der Waals surface area (Å²) in [6.07, 6.45) is 0. The maximum absolute atomic E-state index is 11.5. The molecule has 0 unspecified atom stereocenters. The first-order valence-electron chi connectivity index (χ1n) is 4.15. The number of aromatic amines is 1. The zero-order valence-corrected chi connectivity index (χ0v) is 9.46. The van der Waals surface area contributed by atoms with Gasteiger partial charge < -0.3 is 15.5 Å². The fourth-order valence-electron chi connectivity index (χ4n) is 1.37. The number of esters is 1. The monoisotopic (exact) mass is 269 g/mol. The highest BCUT2D eigenvalue weighted by Crippen LogP contribution is 2.23. The number of nitrogens with one attached hydrogen (secondary N) is 1. The van der Waals surface area contributed by atoms with Gasteiger partial charge in [0.05, 0.1) is 18.2 Å². The zero-order chi connectivity index (χ0) is 11.0. The molecule has 78 valence electrons. The number of anilines is 1. The van der Waals surface area contributed by atoms with Gasteiger partial charge in [0.15, 0.2) is 5.95 Å². The van der Waals surface area contributed by atoms with Crippen LogP contribution in [0.5, 0.6) is 0 Å². The lowest BCUT2D eigenvalue weighted by Gasteiger charge is -2.00. The molecule has 1 aromatic heterocycles. The average Bonchev–Trinajstić information content (AvgIpc) is 2.55. The molecular weight excluding hydrogens is 262 g/mol. The molecule has 3 N–H and O–H groups in total. The summed E-state index contributed by atoms with van der Waals surface area (Å²) in [5.74, 6) is -0.166. The molecule has 0 saturated carbocycles. The lowest BCUT2D eigenvalue weighted by molar-refractivity contribution is 0.0602. The number of nitrogen functional groups attached to an aromatic ring is 1. The molecule has 2 rings (SSSR count). The number of nitrogens with zero attached hydrogens (tertiary/aromatic N) is 1. The van der Waals surface area contributed by atoms with Crippen LogP contribution in [0.1, 0.15) is 10.4 Å². The molecule has 2 aromatic rings. The maximum atomic E-state index is 11.5. The topological polar surface area (TPSA) is 81.0 Å². The summed E-state index contributed by atoms with van der Waals surface area (Å²) in [5, 5.41) is 0. The lowest BCUT2D eigenvalue weighted by Crippen LogP contribution is -2.02. The van der Waals surface area contributed by atoms with E-state index in [1.165, 1.54) is 7.11 Å². The fraction of sp³-hybridized carbons (Fsp3) is 0.111. The van der Waals surface area contributed by atoms with E-state index in [1.54, 1.807) is 12.1 Å². The highest BCUT2D eigenvalue weighted by Gasteiger charge is 2.14. The molecule has 0 spiro atoms. The van der Waals surface area contributed by atoms with Crippen molar-refractivity contribution in [3.63, 3.8) is 0 Å². The van der Waals surface area contributed by atoms with E-state index < -0.39 is 5.97 Å². The number of hydrogen-bond acceptors (Lipinski definition) is 4. The van der Waals surface area contributed by atoms with Gasteiger partial charge in [-0.2, -0.15) is 0 Å². The Kier molecular flexibility index (Phi) is 2.36. The van der Waals surface area contributed by atoms with Crippen LogP contribution in [0.25, 0.3) is 11.0 Å². The molecule has 6 heteroatoms. The molecule has 0 atom stereocenters. The number of imidazole rings is 1. The van der Waals surface area contributed by atoms with Gasteiger partial charge in [0.25, 0.3) is 0 Å². The third-order valence-electron chi connectivity index (χ3n) is 1.97. The number of nitrogens with two attached hydrogens (primary N) is 1. The molecule has 0 radical (unpaired) electrons. The highest BCUT2D eigenvalue weighted by atomic mass is 79.9. The summed E-state index contributed by atoms with van der Waals surface area (Å²) in [7, 11) is 1.32. The first-order valence-corrected chi connectivity index (χ1v) is 4.94. The first kappa shape index (κ1) is 9.97. The summed E-state index contributed by atoms with van der Waals surface area (Å²) in [6.45, 7) is 0. The standard InChI is InChI=1S/C9H8BrN3O2/c1-15-8(14)5-2-4(10)3-6-7(5)13-9(11)12-6/h2-3H,1H3,(H3,11,12,13). The molecule has 1 aromatic carbocycles. The van der Waals surface area contributed by atoms with Gasteiger partial charge in [-0.15, -0.1) is 0 Å².